The van der Waals surface area contributed by atoms with E-state index < -0.39 is 11.2 Å². The highest BCUT2D eigenvalue weighted by Gasteiger charge is 2.28. The zero-order valence-electron chi connectivity index (χ0n) is 19.2. The molecule has 1 saturated heterocycles. The summed E-state index contributed by atoms with van der Waals surface area (Å²) in [5, 5.41) is 0.691. The van der Waals surface area contributed by atoms with Crippen LogP contribution in [0.25, 0.3) is 0 Å². The number of piperazine rings is 1. The number of carbonyl (C=O) groups excluding carboxylic acids is 1. The largest absolute Gasteiger partial charge is 0.384 e. The molecule has 0 saturated carbocycles. The minimum absolute atomic E-state index is 0.0643. The van der Waals surface area contributed by atoms with Crippen LogP contribution >= 0.6 is 11.6 Å². The van der Waals surface area contributed by atoms with Crippen LogP contribution in [0.1, 0.15) is 22.8 Å². The van der Waals surface area contributed by atoms with E-state index in [1.807, 2.05) is 54.6 Å². The van der Waals surface area contributed by atoms with Crippen LogP contribution in [-0.2, 0) is 13.1 Å². The first-order valence-corrected chi connectivity index (χ1v) is 11.8. The summed E-state index contributed by atoms with van der Waals surface area (Å²) in [4.78, 5) is 42.5. The maximum Gasteiger partial charge on any atom is 0.332 e. The quantitative estimate of drug-likeness (QED) is 0.488. The lowest BCUT2D eigenvalue weighted by Gasteiger charge is -2.33. The van der Waals surface area contributed by atoms with Crippen LogP contribution < -0.4 is 26.8 Å². The number of Topliss-reactive ketones (excluding diaryl/α,β-unsaturated/α-hetero) is 1. The van der Waals surface area contributed by atoms with Crippen LogP contribution in [-0.4, -0.2) is 47.6 Å². The Morgan fingerprint density at radius 3 is 2.38 bits per heavy atom. The average Bonchev–Trinajstić information content (AvgIpc) is 2.83. The molecule has 0 atom stereocenters. The van der Waals surface area contributed by atoms with E-state index in [0.717, 1.165) is 46.9 Å². The highest BCUT2D eigenvalue weighted by molar-refractivity contribution is 6.30. The van der Waals surface area contributed by atoms with Crippen molar-refractivity contribution < 1.29 is 9.69 Å². The first-order chi connectivity index (χ1) is 16.4. The van der Waals surface area contributed by atoms with Gasteiger partial charge in [0.1, 0.15) is 17.9 Å². The summed E-state index contributed by atoms with van der Waals surface area (Å²) in [7, 11) is 0. The molecular weight excluding hydrogens is 454 g/mol. The second kappa shape index (κ2) is 10.3. The van der Waals surface area contributed by atoms with Crippen LogP contribution in [0.5, 0.6) is 0 Å². The van der Waals surface area contributed by atoms with E-state index in [4.69, 9.17) is 17.3 Å². The molecule has 34 heavy (non-hydrogen) atoms. The molecule has 1 aromatic heterocycles. The van der Waals surface area contributed by atoms with Crippen LogP contribution in [0.4, 0.5) is 11.5 Å². The van der Waals surface area contributed by atoms with E-state index in [0.29, 0.717) is 5.02 Å². The minimum Gasteiger partial charge on any atom is -0.384 e. The van der Waals surface area contributed by atoms with E-state index >= 15 is 0 Å². The summed E-state index contributed by atoms with van der Waals surface area (Å²) in [5.74, 6) is -0.400. The lowest BCUT2D eigenvalue weighted by Crippen LogP contribution is -3.15. The maximum absolute atomic E-state index is 13.3. The number of nitrogens with one attached hydrogen (secondary N) is 1. The van der Waals surface area contributed by atoms with E-state index in [1.54, 1.807) is 6.92 Å². The molecule has 1 fully saturated rings. The highest BCUT2D eigenvalue weighted by Crippen LogP contribution is 2.19. The van der Waals surface area contributed by atoms with Gasteiger partial charge in [-0.3, -0.25) is 18.7 Å². The number of quaternary nitrogens is 1. The minimum atomic E-state index is -0.615. The van der Waals surface area contributed by atoms with Crippen molar-refractivity contribution in [3.05, 3.63) is 91.6 Å². The first kappa shape index (κ1) is 23.8. The lowest BCUT2D eigenvalue weighted by atomic mass is 10.1. The molecule has 0 aliphatic carbocycles. The normalized spacial score (nSPS) is 14.4. The van der Waals surface area contributed by atoms with Crippen molar-refractivity contribution >= 4 is 28.9 Å². The number of hydrogen-bond acceptors (Lipinski definition) is 5. The maximum atomic E-state index is 13.3. The molecule has 0 bridgehead atoms. The van der Waals surface area contributed by atoms with Crippen LogP contribution in [0, 0.1) is 0 Å². The summed E-state index contributed by atoms with van der Waals surface area (Å²) in [6.45, 7) is 5.23. The third-order valence-electron chi connectivity index (χ3n) is 6.30. The van der Waals surface area contributed by atoms with Crippen molar-refractivity contribution in [3.63, 3.8) is 0 Å². The van der Waals surface area contributed by atoms with Gasteiger partial charge in [-0.2, -0.15) is 0 Å². The number of anilines is 2. The third kappa shape index (κ3) is 4.93. The Morgan fingerprint density at radius 2 is 1.74 bits per heavy atom. The van der Waals surface area contributed by atoms with Crippen LogP contribution in [0.3, 0.4) is 0 Å². The Labute approximate surface area is 202 Å². The summed E-state index contributed by atoms with van der Waals surface area (Å²) < 4.78 is 2.40. The zero-order chi connectivity index (χ0) is 24.2. The summed E-state index contributed by atoms with van der Waals surface area (Å²) in [6, 6.07) is 17.1. The van der Waals surface area contributed by atoms with Gasteiger partial charge in [-0.15, -0.1) is 0 Å². The van der Waals surface area contributed by atoms with Gasteiger partial charge in [-0.25, -0.2) is 4.79 Å². The van der Waals surface area contributed by atoms with E-state index in [9.17, 15) is 14.4 Å². The molecule has 0 unspecified atom stereocenters. The molecule has 2 aromatic carbocycles. The number of rotatable bonds is 7. The number of benzene rings is 2. The van der Waals surface area contributed by atoms with E-state index in [1.165, 1.54) is 4.57 Å². The van der Waals surface area contributed by atoms with Gasteiger partial charge >= 0.3 is 5.69 Å². The first-order valence-electron chi connectivity index (χ1n) is 11.4. The van der Waals surface area contributed by atoms with Crippen molar-refractivity contribution in [2.75, 3.05) is 43.4 Å². The number of aromatic nitrogens is 2. The molecule has 1 aliphatic rings. The fourth-order valence-corrected chi connectivity index (χ4v) is 4.61. The predicted octanol–water partition coefficient (Wildman–Crippen LogP) is 0.902. The molecule has 1 aliphatic heterocycles. The number of halogens is 1. The topological polar surface area (TPSA) is 94.8 Å². The summed E-state index contributed by atoms with van der Waals surface area (Å²) >= 11 is 6.11. The van der Waals surface area contributed by atoms with Gasteiger partial charge in [0.05, 0.1) is 32.7 Å². The molecule has 0 amide bonds. The van der Waals surface area contributed by atoms with Gasteiger partial charge < -0.3 is 15.5 Å². The summed E-state index contributed by atoms with van der Waals surface area (Å²) in [5.41, 5.74) is 6.97. The zero-order valence-corrected chi connectivity index (χ0v) is 19.9. The van der Waals surface area contributed by atoms with Crippen LogP contribution in [0.2, 0.25) is 5.02 Å². The Bertz CT molecular complexity index is 1290. The molecule has 0 radical (unpaired) electrons. The number of ketones is 1. The average molecular weight is 483 g/mol. The molecule has 3 aromatic rings. The van der Waals surface area contributed by atoms with Gasteiger partial charge in [-0.1, -0.05) is 48.0 Å². The molecule has 178 valence electrons. The van der Waals surface area contributed by atoms with Crippen molar-refractivity contribution in [2.24, 2.45) is 0 Å². The van der Waals surface area contributed by atoms with E-state index in [-0.39, 0.29) is 36.8 Å². The van der Waals surface area contributed by atoms with Gasteiger partial charge in [0.25, 0.3) is 5.56 Å². The van der Waals surface area contributed by atoms with Crippen LogP contribution in [0.15, 0.2) is 64.2 Å². The predicted molar refractivity (Wildman–Crippen MR) is 134 cm³/mol. The number of carbonyl (C=O) groups is 1. The van der Waals surface area contributed by atoms with Crippen molar-refractivity contribution in [3.8, 4) is 0 Å². The van der Waals surface area contributed by atoms with Gasteiger partial charge in [0, 0.05) is 17.3 Å². The number of nitrogens with zero attached hydrogens (tertiary/aromatic N) is 3. The Morgan fingerprint density at radius 1 is 1.03 bits per heavy atom. The van der Waals surface area contributed by atoms with E-state index in [2.05, 4.69) is 4.90 Å². The second-order valence-electron chi connectivity index (χ2n) is 8.48. The van der Waals surface area contributed by atoms with Gasteiger partial charge in [0.2, 0.25) is 5.78 Å². The van der Waals surface area contributed by atoms with Crippen molar-refractivity contribution in [2.45, 2.75) is 20.0 Å². The number of nitrogen functional groups attached to an aromatic ring is 1. The molecule has 3 N–H and O–H groups in total. The van der Waals surface area contributed by atoms with Gasteiger partial charge in [0.15, 0.2) is 0 Å². The number of hydrogen-bond donors (Lipinski definition) is 2. The molecule has 0 spiro atoms. The van der Waals surface area contributed by atoms with Crippen molar-refractivity contribution in [1.29, 1.82) is 0 Å². The Balaban J connectivity index is 1.54. The smallest absolute Gasteiger partial charge is 0.332 e. The second-order valence-corrected chi connectivity index (χ2v) is 8.92. The molecule has 9 heteroatoms. The molecule has 4 rings (SSSR count). The lowest BCUT2D eigenvalue weighted by molar-refractivity contribution is -0.892. The molecule has 2 heterocycles. The Kier molecular flexibility index (Phi) is 7.19. The SMILES string of the molecule is CCn1c(=O)c(C(=O)C[NH+]2CCN(c3cccc(Cl)c3)CC2)c(N)n(Cc2ccccc2)c1=O. The standard InChI is InChI=1S/C25H28ClN5O3/c1-2-30-24(33)22(23(27)31(25(30)34)16-18-7-4-3-5-8-18)21(32)17-28-11-13-29(14-12-28)20-10-6-9-19(26)15-20/h3-10,15H,2,11-14,16-17,27H2,1H3/p+1. The van der Waals surface area contributed by atoms with Crippen molar-refractivity contribution in [1.82, 2.24) is 9.13 Å². The fraction of sp³-hybridized carbons (Fsp3) is 0.320. The highest BCUT2D eigenvalue weighted by atomic mass is 35.5. The third-order valence-corrected chi connectivity index (χ3v) is 6.54. The summed E-state index contributed by atoms with van der Waals surface area (Å²) in [6.07, 6.45) is 0. The molecule has 8 nitrogen and oxygen atoms in total. The van der Waals surface area contributed by atoms with Gasteiger partial charge in [-0.05, 0) is 30.7 Å². The monoisotopic (exact) mass is 482 g/mol. The Hall–Kier alpha value is -3.36. The fourth-order valence-electron chi connectivity index (χ4n) is 4.42. The number of nitrogens with two attached hydrogens (primary N) is 1. The molecular formula is C25H29ClN5O3+.